The van der Waals surface area contributed by atoms with Crippen molar-refractivity contribution in [2.45, 2.75) is 45.2 Å². The molecule has 0 bridgehead atoms. The summed E-state index contributed by atoms with van der Waals surface area (Å²) in [5.74, 6) is 0.183. The van der Waals surface area contributed by atoms with Gasteiger partial charge in [-0.05, 0) is 26.7 Å². The van der Waals surface area contributed by atoms with Crippen molar-refractivity contribution in [1.82, 2.24) is 20.1 Å². The quantitative estimate of drug-likeness (QED) is 0.748. The van der Waals surface area contributed by atoms with Crippen LogP contribution in [0.25, 0.3) is 0 Å². The van der Waals surface area contributed by atoms with Gasteiger partial charge in [0, 0.05) is 44.8 Å². The second-order valence-corrected chi connectivity index (χ2v) is 7.86. The normalized spacial score (nSPS) is 30.5. The van der Waals surface area contributed by atoms with Crippen LogP contribution >= 0.6 is 0 Å². The molecule has 0 saturated carbocycles. The van der Waals surface area contributed by atoms with Crippen LogP contribution in [0.4, 0.5) is 0 Å². The SMILES string of the molecule is CC1CCCC(C)N1NS(=O)(=O)CCN1CCNCC1. The highest BCUT2D eigenvalue weighted by Crippen LogP contribution is 2.20. The predicted octanol–water partition coefficient (Wildman–Crippen LogP) is -0.0111. The molecule has 0 radical (unpaired) electrons. The Morgan fingerprint density at radius 2 is 1.75 bits per heavy atom. The third-order valence-corrected chi connectivity index (χ3v) is 5.53. The van der Waals surface area contributed by atoms with Crippen molar-refractivity contribution in [3.63, 3.8) is 0 Å². The first-order valence-electron chi connectivity index (χ1n) is 7.69. The van der Waals surface area contributed by atoms with Gasteiger partial charge in [0.1, 0.15) is 0 Å². The lowest BCUT2D eigenvalue weighted by atomic mass is 10.0. The first-order chi connectivity index (χ1) is 9.48. The zero-order chi connectivity index (χ0) is 14.6. The Labute approximate surface area is 122 Å². The number of piperidine rings is 1. The Morgan fingerprint density at radius 1 is 1.15 bits per heavy atom. The van der Waals surface area contributed by atoms with Crippen LogP contribution < -0.4 is 10.1 Å². The van der Waals surface area contributed by atoms with Crippen molar-refractivity contribution >= 4 is 10.0 Å². The van der Waals surface area contributed by atoms with Crippen LogP contribution in [0.5, 0.6) is 0 Å². The van der Waals surface area contributed by atoms with E-state index in [9.17, 15) is 8.42 Å². The minimum Gasteiger partial charge on any atom is -0.314 e. The Bertz CT molecular complexity index is 385. The maximum absolute atomic E-state index is 12.2. The van der Waals surface area contributed by atoms with E-state index in [-0.39, 0.29) is 17.8 Å². The minimum atomic E-state index is -3.23. The van der Waals surface area contributed by atoms with E-state index < -0.39 is 10.0 Å². The number of hydrogen-bond donors (Lipinski definition) is 2. The van der Waals surface area contributed by atoms with Gasteiger partial charge < -0.3 is 5.32 Å². The Kier molecular flexibility index (Phi) is 5.80. The first kappa shape index (κ1) is 16.2. The molecule has 0 spiro atoms. The number of rotatable bonds is 5. The Morgan fingerprint density at radius 3 is 2.35 bits per heavy atom. The largest absolute Gasteiger partial charge is 0.314 e. The van der Waals surface area contributed by atoms with E-state index in [1.54, 1.807) is 0 Å². The van der Waals surface area contributed by atoms with Crippen molar-refractivity contribution < 1.29 is 8.42 Å². The highest BCUT2D eigenvalue weighted by molar-refractivity contribution is 7.89. The van der Waals surface area contributed by atoms with Crippen LogP contribution in [0.15, 0.2) is 0 Å². The zero-order valence-corrected chi connectivity index (χ0v) is 13.5. The second kappa shape index (κ2) is 7.17. The molecule has 2 N–H and O–H groups in total. The van der Waals surface area contributed by atoms with Crippen LogP contribution in [0.1, 0.15) is 33.1 Å². The monoisotopic (exact) mass is 304 g/mol. The number of hydrogen-bond acceptors (Lipinski definition) is 5. The number of nitrogens with zero attached hydrogens (tertiary/aromatic N) is 2. The lowest BCUT2D eigenvalue weighted by Gasteiger charge is -2.38. The molecule has 118 valence electrons. The summed E-state index contributed by atoms with van der Waals surface area (Å²) in [5.41, 5.74) is 0. The summed E-state index contributed by atoms with van der Waals surface area (Å²) in [6, 6.07) is 0.570. The average Bonchev–Trinajstić information content (AvgIpc) is 2.42. The lowest BCUT2D eigenvalue weighted by molar-refractivity contribution is 0.0789. The molecule has 0 amide bonds. The van der Waals surface area contributed by atoms with Gasteiger partial charge in [-0.2, -0.15) is 0 Å². The van der Waals surface area contributed by atoms with Gasteiger partial charge in [-0.15, -0.1) is 4.83 Å². The Hall–Kier alpha value is -0.210. The van der Waals surface area contributed by atoms with Gasteiger partial charge in [-0.1, -0.05) is 6.42 Å². The first-order valence-corrected chi connectivity index (χ1v) is 9.35. The molecule has 0 aromatic rings. The predicted molar refractivity (Wildman–Crippen MR) is 80.8 cm³/mol. The van der Waals surface area contributed by atoms with E-state index in [0.717, 1.165) is 39.0 Å². The van der Waals surface area contributed by atoms with Crippen LogP contribution in [0.2, 0.25) is 0 Å². The third kappa shape index (κ3) is 4.66. The van der Waals surface area contributed by atoms with Gasteiger partial charge in [-0.25, -0.2) is 13.4 Å². The van der Waals surface area contributed by atoms with Crippen LogP contribution in [-0.4, -0.2) is 68.9 Å². The van der Waals surface area contributed by atoms with Crippen molar-refractivity contribution in [2.75, 3.05) is 38.5 Å². The molecule has 0 aromatic heterocycles. The van der Waals surface area contributed by atoms with E-state index in [2.05, 4.69) is 28.9 Å². The molecular weight excluding hydrogens is 276 g/mol. The number of sulfonamides is 1. The number of piperazine rings is 1. The van der Waals surface area contributed by atoms with Gasteiger partial charge in [0.2, 0.25) is 10.0 Å². The smallest absolute Gasteiger partial charge is 0.225 e. The van der Waals surface area contributed by atoms with E-state index >= 15 is 0 Å². The highest BCUT2D eigenvalue weighted by Gasteiger charge is 2.28. The molecule has 2 atom stereocenters. The molecule has 6 nitrogen and oxygen atoms in total. The minimum absolute atomic E-state index is 0.183. The fourth-order valence-electron chi connectivity index (χ4n) is 2.99. The van der Waals surface area contributed by atoms with E-state index in [0.29, 0.717) is 6.54 Å². The summed E-state index contributed by atoms with van der Waals surface area (Å²) in [4.78, 5) is 5.00. The van der Waals surface area contributed by atoms with Crippen molar-refractivity contribution in [3.05, 3.63) is 0 Å². The average molecular weight is 304 g/mol. The molecule has 0 aliphatic carbocycles. The van der Waals surface area contributed by atoms with Crippen LogP contribution in [0, 0.1) is 0 Å². The molecule has 0 aromatic carbocycles. The standard InChI is InChI=1S/C13H28N4O2S/c1-12-4-3-5-13(2)17(12)15-20(18,19)11-10-16-8-6-14-7-9-16/h12-15H,3-11H2,1-2H3. The number of nitrogens with one attached hydrogen (secondary N) is 2. The Balaban J connectivity index is 1.83. The lowest BCUT2D eigenvalue weighted by Crippen LogP contribution is -2.55. The fraction of sp³-hybridized carbons (Fsp3) is 1.00. The molecule has 2 fully saturated rings. The van der Waals surface area contributed by atoms with Gasteiger partial charge >= 0.3 is 0 Å². The summed E-state index contributed by atoms with van der Waals surface area (Å²) in [6.45, 7) is 8.58. The maximum atomic E-state index is 12.2. The molecular formula is C13H28N4O2S. The number of hydrazine groups is 1. The van der Waals surface area contributed by atoms with Gasteiger partial charge in [0.25, 0.3) is 0 Å². The summed E-state index contributed by atoms with van der Waals surface area (Å²) in [7, 11) is -3.23. The van der Waals surface area contributed by atoms with Crippen molar-refractivity contribution in [2.24, 2.45) is 0 Å². The fourth-order valence-corrected chi connectivity index (χ4v) is 4.26. The van der Waals surface area contributed by atoms with Crippen LogP contribution in [0.3, 0.4) is 0 Å². The zero-order valence-electron chi connectivity index (χ0n) is 12.6. The molecule has 2 heterocycles. The van der Waals surface area contributed by atoms with E-state index in [1.165, 1.54) is 6.42 Å². The second-order valence-electron chi connectivity index (χ2n) is 6.04. The molecule has 2 aliphatic rings. The topological polar surface area (TPSA) is 64.7 Å². The molecule has 2 unspecified atom stereocenters. The molecule has 2 saturated heterocycles. The van der Waals surface area contributed by atoms with Crippen molar-refractivity contribution in [3.8, 4) is 0 Å². The highest BCUT2D eigenvalue weighted by atomic mass is 32.2. The molecule has 2 aliphatic heterocycles. The summed E-state index contributed by atoms with van der Waals surface area (Å²) >= 11 is 0. The van der Waals surface area contributed by atoms with Gasteiger partial charge in [0.15, 0.2) is 0 Å². The summed E-state index contributed by atoms with van der Waals surface area (Å²) < 4.78 is 24.5. The van der Waals surface area contributed by atoms with Crippen molar-refractivity contribution in [1.29, 1.82) is 0 Å². The third-order valence-electron chi connectivity index (χ3n) is 4.32. The molecule has 20 heavy (non-hydrogen) atoms. The van der Waals surface area contributed by atoms with E-state index in [1.807, 2.05) is 5.01 Å². The van der Waals surface area contributed by atoms with Crippen LogP contribution in [-0.2, 0) is 10.0 Å². The summed E-state index contributed by atoms with van der Waals surface area (Å²) in [5, 5.41) is 5.20. The molecule has 2 rings (SSSR count). The van der Waals surface area contributed by atoms with E-state index in [4.69, 9.17) is 0 Å². The maximum Gasteiger partial charge on any atom is 0.225 e. The van der Waals surface area contributed by atoms with Gasteiger partial charge in [-0.3, -0.25) is 4.90 Å². The molecule has 7 heteroatoms. The summed E-state index contributed by atoms with van der Waals surface area (Å²) in [6.07, 6.45) is 3.30. The van der Waals surface area contributed by atoms with Gasteiger partial charge in [0.05, 0.1) is 5.75 Å².